The van der Waals surface area contributed by atoms with Crippen LogP contribution in [0.5, 0.6) is 23.0 Å². The lowest BCUT2D eigenvalue weighted by atomic mass is 10.1. The van der Waals surface area contributed by atoms with Crippen LogP contribution < -0.4 is 35.1 Å². The van der Waals surface area contributed by atoms with Gasteiger partial charge in [-0.05, 0) is 49.5 Å². The van der Waals surface area contributed by atoms with Gasteiger partial charge < -0.3 is 18.9 Å². The van der Waals surface area contributed by atoms with Gasteiger partial charge in [0, 0.05) is 11.1 Å². The lowest BCUT2D eigenvalue weighted by Crippen LogP contribution is -2.48. The highest BCUT2D eigenvalue weighted by molar-refractivity contribution is 7.80. The van der Waals surface area contributed by atoms with Crippen molar-refractivity contribution in [2.75, 3.05) is 27.9 Å². The first kappa shape index (κ1) is 22.8. The Morgan fingerprint density at radius 2 is 1.57 bits per heavy atom. The third kappa shape index (κ3) is 5.74. The molecule has 2 rings (SSSR count). The molecule has 0 radical (unpaired) electrons. The summed E-state index contributed by atoms with van der Waals surface area (Å²) in [6.45, 7) is 2.33. The molecule has 0 unspecified atom stereocenters. The SMILES string of the molecule is CCOc1cccc(C(=O)NC(=S)NNC(=O)c2cc(OC)c(OC)c(OC)c2)c1. The molecule has 0 saturated heterocycles. The van der Waals surface area contributed by atoms with E-state index in [4.69, 9.17) is 31.2 Å². The molecule has 0 saturated carbocycles. The largest absolute Gasteiger partial charge is 0.494 e. The third-order valence-corrected chi connectivity index (χ3v) is 4.05. The fraction of sp³-hybridized carbons (Fsp3) is 0.250. The Hall–Kier alpha value is -3.53. The third-order valence-electron chi connectivity index (χ3n) is 3.85. The molecule has 0 aliphatic heterocycles. The highest BCUT2D eigenvalue weighted by Gasteiger charge is 2.17. The Morgan fingerprint density at radius 1 is 0.900 bits per heavy atom. The monoisotopic (exact) mass is 433 g/mol. The molecule has 0 heterocycles. The minimum absolute atomic E-state index is 0.0809. The fourth-order valence-corrected chi connectivity index (χ4v) is 2.64. The van der Waals surface area contributed by atoms with E-state index in [1.165, 1.54) is 33.5 Å². The second kappa shape index (κ2) is 10.9. The van der Waals surface area contributed by atoms with Crippen LogP contribution in [0.15, 0.2) is 36.4 Å². The minimum Gasteiger partial charge on any atom is -0.494 e. The quantitative estimate of drug-likeness (QED) is 0.450. The zero-order valence-corrected chi connectivity index (χ0v) is 17.8. The smallest absolute Gasteiger partial charge is 0.269 e. The van der Waals surface area contributed by atoms with Gasteiger partial charge in [0.1, 0.15) is 5.75 Å². The Labute approximate surface area is 179 Å². The number of rotatable bonds is 7. The van der Waals surface area contributed by atoms with Crippen LogP contribution in [0.25, 0.3) is 0 Å². The fourth-order valence-electron chi connectivity index (χ4n) is 2.50. The van der Waals surface area contributed by atoms with Crippen LogP contribution in [-0.2, 0) is 0 Å². The first-order valence-corrected chi connectivity index (χ1v) is 9.28. The number of nitrogens with one attached hydrogen (secondary N) is 3. The molecule has 2 amide bonds. The average molecular weight is 433 g/mol. The molecule has 160 valence electrons. The van der Waals surface area contributed by atoms with Crippen LogP contribution in [0.4, 0.5) is 0 Å². The van der Waals surface area contributed by atoms with Crippen LogP contribution >= 0.6 is 12.2 Å². The molecule has 0 bridgehead atoms. The number of amides is 2. The maximum Gasteiger partial charge on any atom is 0.269 e. The summed E-state index contributed by atoms with van der Waals surface area (Å²) in [6, 6.07) is 9.63. The zero-order chi connectivity index (χ0) is 22.1. The molecule has 10 heteroatoms. The van der Waals surface area contributed by atoms with Crippen molar-refractivity contribution in [1.29, 1.82) is 0 Å². The summed E-state index contributed by atoms with van der Waals surface area (Å²) in [5, 5.41) is 2.40. The van der Waals surface area contributed by atoms with Gasteiger partial charge in [0.25, 0.3) is 11.8 Å². The highest BCUT2D eigenvalue weighted by Crippen LogP contribution is 2.38. The molecule has 30 heavy (non-hydrogen) atoms. The summed E-state index contributed by atoms with van der Waals surface area (Å²) in [7, 11) is 4.36. The van der Waals surface area contributed by atoms with Gasteiger partial charge in [0.2, 0.25) is 5.75 Å². The zero-order valence-electron chi connectivity index (χ0n) is 17.0. The van der Waals surface area contributed by atoms with Crippen molar-refractivity contribution in [1.82, 2.24) is 16.2 Å². The predicted molar refractivity (Wildman–Crippen MR) is 114 cm³/mol. The standard InChI is InChI=1S/C20H23N3O6S/c1-5-29-14-8-6-7-12(9-14)18(24)21-20(30)23-22-19(25)13-10-15(26-2)17(28-4)16(11-13)27-3/h6-11H,5H2,1-4H3,(H,22,25)(H2,21,23,24,30). The van der Waals surface area contributed by atoms with Crippen molar-refractivity contribution in [3.63, 3.8) is 0 Å². The molecule has 0 aliphatic carbocycles. The lowest BCUT2D eigenvalue weighted by molar-refractivity contribution is 0.0934. The van der Waals surface area contributed by atoms with Crippen molar-refractivity contribution in [2.24, 2.45) is 0 Å². The second-order valence-corrected chi connectivity index (χ2v) is 6.15. The topological polar surface area (TPSA) is 107 Å². The van der Waals surface area contributed by atoms with Crippen LogP contribution in [0.3, 0.4) is 0 Å². The Kier molecular flexibility index (Phi) is 8.24. The van der Waals surface area contributed by atoms with Crippen molar-refractivity contribution in [3.05, 3.63) is 47.5 Å². The summed E-state index contributed by atoms with van der Waals surface area (Å²) in [4.78, 5) is 24.8. The first-order valence-electron chi connectivity index (χ1n) is 8.88. The minimum atomic E-state index is -0.524. The van der Waals surface area contributed by atoms with Crippen molar-refractivity contribution in [2.45, 2.75) is 6.92 Å². The van der Waals surface area contributed by atoms with Crippen molar-refractivity contribution in [3.8, 4) is 23.0 Å². The van der Waals surface area contributed by atoms with E-state index < -0.39 is 11.8 Å². The van der Waals surface area contributed by atoms with Gasteiger partial charge in [-0.1, -0.05) is 6.07 Å². The molecule has 3 N–H and O–H groups in total. The van der Waals surface area contributed by atoms with E-state index in [0.717, 1.165) is 0 Å². The number of hydrogen-bond donors (Lipinski definition) is 3. The summed E-state index contributed by atoms with van der Waals surface area (Å²) >= 11 is 5.06. The number of ether oxygens (including phenoxy) is 4. The Morgan fingerprint density at radius 3 is 2.13 bits per heavy atom. The molecule has 9 nitrogen and oxygen atoms in total. The highest BCUT2D eigenvalue weighted by atomic mass is 32.1. The van der Waals surface area contributed by atoms with Gasteiger partial charge in [-0.25, -0.2) is 0 Å². The van der Waals surface area contributed by atoms with Gasteiger partial charge in [-0.3, -0.25) is 25.8 Å². The van der Waals surface area contributed by atoms with Crippen molar-refractivity contribution < 1.29 is 28.5 Å². The number of carbonyl (C=O) groups excluding carboxylic acids is 2. The first-order chi connectivity index (χ1) is 14.4. The van der Waals surface area contributed by atoms with E-state index >= 15 is 0 Å². The van der Waals surface area contributed by atoms with E-state index in [9.17, 15) is 9.59 Å². The Bertz CT molecular complexity index is 910. The summed E-state index contributed by atoms with van der Waals surface area (Å²) in [6.07, 6.45) is 0. The summed E-state index contributed by atoms with van der Waals surface area (Å²) in [5.41, 5.74) is 5.48. The molecular formula is C20H23N3O6S. The molecular weight excluding hydrogens is 410 g/mol. The maximum atomic E-state index is 12.4. The molecule has 0 spiro atoms. The molecule has 0 atom stereocenters. The average Bonchev–Trinajstić information content (AvgIpc) is 2.76. The van der Waals surface area contributed by atoms with E-state index in [0.29, 0.717) is 35.2 Å². The van der Waals surface area contributed by atoms with E-state index in [2.05, 4.69) is 16.2 Å². The van der Waals surface area contributed by atoms with E-state index in [1.54, 1.807) is 24.3 Å². The van der Waals surface area contributed by atoms with Gasteiger partial charge in [-0.2, -0.15) is 0 Å². The maximum absolute atomic E-state index is 12.4. The lowest BCUT2D eigenvalue weighted by Gasteiger charge is -2.15. The van der Waals surface area contributed by atoms with E-state index in [1.807, 2.05) is 6.92 Å². The molecule has 0 aromatic heterocycles. The number of benzene rings is 2. The van der Waals surface area contributed by atoms with Crippen molar-refractivity contribution >= 4 is 29.1 Å². The molecule has 2 aromatic carbocycles. The normalized spacial score (nSPS) is 9.87. The van der Waals surface area contributed by atoms with Gasteiger partial charge in [0.05, 0.1) is 27.9 Å². The van der Waals surface area contributed by atoms with E-state index in [-0.39, 0.29) is 10.7 Å². The predicted octanol–water partition coefficient (Wildman–Crippen LogP) is 2.06. The number of hydrazine groups is 1. The second-order valence-electron chi connectivity index (χ2n) is 5.74. The van der Waals surface area contributed by atoms with Crippen LogP contribution in [0, 0.1) is 0 Å². The molecule has 2 aromatic rings. The number of hydrogen-bond acceptors (Lipinski definition) is 7. The number of thiocarbonyl (C=S) groups is 1. The van der Waals surface area contributed by atoms with Gasteiger partial charge >= 0.3 is 0 Å². The van der Waals surface area contributed by atoms with Crippen LogP contribution in [0.2, 0.25) is 0 Å². The number of methoxy groups -OCH3 is 3. The summed E-state index contributed by atoms with van der Waals surface area (Å²) < 4.78 is 21.0. The summed E-state index contributed by atoms with van der Waals surface area (Å²) in [5.74, 6) is 0.612. The van der Waals surface area contributed by atoms with Crippen LogP contribution in [-0.4, -0.2) is 44.9 Å². The van der Waals surface area contributed by atoms with Crippen LogP contribution in [0.1, 0.15) is 27.6 Å². The molecule has 0 fully saturated rings. The van der Waals surface area contributed by atoms with Gasteiger partial charge in [0.15, 0.2) is 16.6 Å². The number of carbonyl (C=O) groups is 2. The van der Waals surface area contributed by atoms with Gasteiger partial charge in [-0.15, -0.1) is 0 Å². The Balaban J connectivity index is 2.00. The molecule has 0 aliphatic rings.